The second-order valence-electron chi connectivity index (χ2n) is 4.29. The maximum absolute atomic E-state index is 11.6. The fraction of sp³-hybridized carbons (Fsp3) is 0.692. The van der Waals surface area contributed by atoms with Crippen LogP contribution in [0.2, 0.25) is 0 Å². The molecule has 1 N–H and O–H groups in total. The van der Waals surface area contributed by atoms with Gasteiger partial charge in [0.25, 0.3) is 0 Å². The molecule has 0 aromatic heterocycles. The van der Waals surface area contributed by atoms with E-state index in [0.29, 0.717) is 13.1 Å². The van der Waals surface area contributed by atoms with Crippen molar-refractivity contribution < 1.29 is 26.3 Å². The topological polar surface area (TPSA) is 98.8 Å². The normalized spacial score (nSPS) is 12.0. The molecule has 0 saturated carbocycles. The van der Waals surface area contributed by atoms with Crippen molar-refractivity contribution in [2.75, 3.05) is 56.8 Å². The van der Waals surface area contributed by atoms with E-state index in [-0.39, 0.29) is 43.7 Å². The molecule has 9 heteroatoms. The van der Waals surface area contributed by atoms with Crippen LogP contribution in [0, 0.1) is 12.3 Å². The smallest absolute Gasteiger partial charge is 0.173 e. The first-order valence-corrected chi connectivity index (χ1v) is 10.2. The molecule has 7 nitrogen and oxygen atoms in total. The van der Waals surface area contributed by atoms with Crippen LogP contribution in [0.3, 0.4) is 0 Å². The molecule has 0 aliphatic carbocycles. The molecule has 22 heavy (non-hydrogen) atoms. The van der Waals surface area contributed by atoms with Gasteiger partial charge in [-0.25, -0.2) is 16.8 Å². The Kier molecular flexibility index (Phi) is 11.1. The van der Waals surface area contributed by atoms with Crippen molar-refractivity contribution >= 4 is 19.7 Å². The Hall–Kier alpha value is -0.920. The molecule has 128 valence electrons. The number of sulfone groups is 2. The van der Waals surface area contributed by atoms with Gasteiger partial charge in [0.15, 0.2) is 19.7 Å². The predicted octanol–water partition coefficient (Wildman–Crippen LogP) is -0.784. The lowest BCUT2D eigenvalue weighted by Gasteiger charge is -2.07. The third-order valence-electron chi connectivity index (χ3n) is 2.49. The summed E-state index contributed by atoms with van der Waals surface area (Å²) in [4.78, 5) is 0. The highest BCUT2D eigenvalue weighted by atomic mass is 32.2. The minimum Gasteiger partial charge on any atom is -0.378 e. The van der Waals surface area contributed by atoms with Crippen molar-refractivity contribution in [2.24, 2.45) is 0 Å². The average Bonchev–Trinajstić information content (AvgIpc) is 2.46. The summed E-state index contributed by atoms with van der Waals surface area (Å²) >= 11 is 0. The van der Waals surface area contributed by atoms with Gasteiger partial charge in [0, 0.05) is 12.0 Å². The van der Waals surface area contributed by atoms with Crippen LogP contribution >= 0.6 is 0 Å². The summed E-state index contributed by atoms with van der Waals surface area (Å²) in [5.41, 5.74) is 0. The molecule has 0 fully saturated rings. The van der Waals surface area contributed by atoms with Crippen molar-refractivity contribution in [2.45, 2.75) is 0 Å². The minimum absolute atomic E-state index is 0.00789. The van der Waals surface area contributed by atoms with Crippen LogP contribution in [0.5, 0.6) is 0 Å². The Morgan fingerprint density at radius 2 is 1.59 bits per heavy atom. The highest BCUT2D eigenvalue weighted by Gasteiger charge is 2.10. The van der Waals surface area contributed by atoms with Crippen LogP contribution in [0.15, 0.2) is 12.0 Å². The lowest BCUT2D eigenvalue weighted by Crippen LogP contribution is -2.26. The van der Waals surface area contributed by atoms with Gasteiger partial charge in [0.05, 0.1) is 50.2 Å². The van der Waals surface area contributed by atoms with Crippen molar-refractivity contribution in [1.29, 1.82) is 0 Å². The Bertz CT molecular complexity index is 548. The summed E-state index contributed by atoms with van der Waals surface area (Å²) in [6.07, 6.45) is 5.03. The largest absolute Gasteiger partial charge is 0.378 e. The first kappa shape index (κ1) is 21.1. The van der Waals surface area contributed by atoms with Crippen molar-refractivity contribution in [3.8, 4) is 12.3 Å². The van der Waals surface area contributed by atoms with Gasteiger partial charge in [-0.05, 0) is 0 Å². The highest BCUT2D eigenvalue weighted by molar-refractivity contribution is 7.94. The molecule has 0 bridgehead atoms. The molecule has 0 aromatic rings. The Morgan fingerprint density at radius 3 is 2.14 bits per heavy atom. The van der Waals surface area contributed by atoms with Gasteiger partial charge in [-0.15, -0.1) is 6.42 Å². The first-order valence-electron chi connectivity index (χ1n) is 6.68. The quantitative estimate of drug-likeness (QED) is 0.323. The van der Waals surface area contributed by atoms with E-state index in [1.165, 1.54) is 0 Å². The third-order valence-corrected chi connectivity index (χ3v) is 5.35. The van der Waals surface area contributed by atoms with Gasteiger partial charge in [0.2, 0.25) is 0 Å². The maximum Gasteiger partial charge on any atom is 0.173 e. The minimum atomic E-state index is -3.25. The SMILES string of the molecule is C#CCNCCS(=O)(=O)CCOCCOCCS(=O)(=O)C=C. The van der Waals surface area contributed by atoms with Gasteiger partial charge >= 0.3 is 0 Å². The van der Waals surface area contributed by atoms with E-state index in [1.54, 1.807) is 0 Å². The number of rotatable bonds is 14. The van der Waals surface area contributed by atoms with Crippen molar-refractivity contribution in [1.82, 2.24) is 5.32 Å². The molecule has 0 aliphatic rings. The Morgan fingerprint density at radius 1 is 1.00 bits per heavy atom. The molecule has 0 spiro atoms. The van der Waals surface area contributed by atoms with E-state index in [0.717, 1.165) is 5.41 Å². The van der Waals surface area contributed by atoms with E-state index in [4.69, 9.17) is 15.9 Å². The Labute approximate surface area is 132 Å². The van der Waals surface area contributed by atoms with Crippen molar-refractivity contribution in [3.05, 3.63) is 12.0 Å². The number of hydrogen-bond donors (Lipinski definition) is 1. The number of hydrogen-bond acceptors (Lipinski definition) is 7. The van der Waals surface area contributed by atoms with E-state index < -0.39 is 19.7 Å². The van der Waals surface area contributed by atoms with Gasteiger partial charge < -0.3 is 14.8 Å². The van der Waals surface area contributed by atoms with Crippen LogP contribution < -0.4 is 5.32 Å². The van der Waals surface area contributed by atoms with Crippen LogP contribution in [-0.2, 0) is 29.1 Å². The van der Waals surface area contributed by atoms with Gasteiger partial charge in [-0.3, -0.25) is 0 Å². The first-order chi connectivity index (χ1) is 10.3. The summed E-state index contributed by atoms with van der Waals surface area (Å²) in [5, 5.41) is 3.69. The summed E-state index contributed by atoms with van der Waals surface area (Å²) < 4.78 is 55.5. The van der Waals surface area contributed by atoms with E-state index in [2.05, 4.69) is 17.8 Å². The molecule has 0 saturated heterocycles. The summed E-state index contributed by atoms with van der Waals surface area (Å²) in [6, 6.07) is 0. The summed E-state index contributed by atoms with van der Waals surface area (Å²) in [5.74, 6) is 2.16. The van der Waals surface area contributed by atoms with Crippen LogP contribution in [-0.4, -0.2) is 73.6 Å². The van der Waals surface area contributed by atoms with Gasteiger partial charge in [-0.1, -0.05) is 12.5 Å². The number of nitrogens with one attached hydrogen (secondary N) is 1. The van der Waals surface area contributed by atoms with E-state index in [9.17, 15) is 16.8 Å². The predicted molar refractivity (Wildman–Crippen MR) is 86.0 cm³/mol. The molecule has 0 unspecified atom stereocenters. The second kappa shape index (κ2) is 11.6. The highest BCUT2D eigenvalue weighted by Crippen LogP contribution is 1.92. The zero-order valence-electron chi connectivity index (χ0n) is 12.5. The second-order valence-corrected chi connectivity index (χ2v) is 8.66. The molecular weight excluding hydrogens is 330 g/mol. The molecular formula is C13H23NO6S2. The third kappa shape index (κ3) is 12.8. The molecule has 0 heterocycles. The van der Waals surface area contributed by atoms with Gasteiger partial charge in [0.1, 0.15) is 0 Å². The lowest BCUT2D eigenvalue weighted by molar-refractivity contribution is 0.0597. The standard InChI is InChI=1S/C13H23NO6S2/c1-3-5-14-6-11-22(17,18)13-10-20-8-7-19-9-12-21(15,16)4-2/h1,4,14H,2,5-13H2. The zero-order chi connectivity index (χ0) is 16.9. The molecule has 0 aliphatic heterocycles. The fourth-order valence-corrected chi connectivity index (χ4v) is 2.80. The fourth-order valence-electron chi connectivity index (χ4n) is 1.26. The summed E-state index contributed by atoms with van der Waals surface area (Å²) in [6.45, 7) is 4.38. The van der Waals surface area contributed by atoms with Crippen LogP contribution in [0.25, 0.3) is 0 Å². The molecule has 0 atom stereocenters. The zero-order valence-corrected chi connectivity index (χ0v) is 14.1. The van der Waals surface area contributed by atoms with E-state index in [1.807, 2.05) is 0 Å². The Balaban J connectivity index is 3.56. The maximum atomic E-state index is 11.6. The number of terminal acetylenes is 1. The van der Waals surface area contributed by atoms with E-state index >= 15 is 0 Å². The molecule has 0 aromatic carbocycles. The van der Waals surface area contributed by atoms with Crippen LogP contribution in [0.1, 0.15) is 0 Å². The summed E-state index contributed by atoms with van der Waals surface area (Å²) in [7, 11) is -6.42. The van der Waals surface area contributed by atoms with Gasteiger partial charge in [-0.2, -0.15) is 0 Å². The van der Waals surface area contributed by atoms with Crippen molar-refractivity contribution in [3.63, 3.8) is 0 Å². The molecule has 0 amide bonds. The monoisotopic (exact) mass is 353 g/mol. The molecule has 0 rings (SSSR count). The average molecular weight is 353 g/mol. The molecule has 0 radical (unpaired) electrons. The lowest BCUT2D eigenvalue weighted by atomic mass is 10.6. The van der Waals surface area contributed by atoms with Crippen LogP contribution in [0.4, 0.5) is 0 Å². The number of ether oxygens (including phenoxy) is 2.